The molecule has 2 aromatic rings. The number of halogens is 3. The van der Waals surface area contributed by atoms with Crippen LogP contribution in [0.25, 0.3) is 10.9 Å². The molecule has 0 spiro atoms. The van der Waals surface area contributed by atoms with E-state index in [-0.39, 0.29) is 5.41 Å². The first-order valence-electron chi connectivity index (χ1n) is 8.82. The molecule has 1 fully saturated rings. The zero-order valence-electron chi connectivity index (χ0n) is 15.4. The number of aromatic amines is 1. The summed E-state index contributed by atoms with van der Waals surface area (Å²) in [5, 5.41) is 0.525. The van der Waals surface area contributed by atoms with Crippen LogP contribution in [-0.2, 0) is 16.1 Å². The van der Waals surface area contributed by atoms with E-state index in [1.807, 2.05) is 0 Å². The zero-order chi connectivity index (χ0) is 19.7. The summed E-state index contributed by atoms with van der Waals surface area (Å²) in [5.41, 5.74) is 1.24. The molecule has 0 atom stereocenters. The number of nitrogens with one attached hydrogen (secondary N) is 1. The van der Waals surface area contributed by atoms with Crippen LogP contribution < -0.4 is 0 Å². The van der Waals surface area contributed by atoms with Crippen LogP contribution in [0.15, 0.2) is 24.4 Å². The van der Waals surface area contributed by atoms with E-state index in [4.69, 9.17) is 4.74 Å². The van der Waals surface area contributed by atoms with E-state index < -0.39 is 18.9 Å². The highest BCUT2D eigenvalue weighted by molar-refractivity contribution is 6.04. The van der Waals surface area contributed by atoms with Gasteiger partial charge in [0.25, 0.3) is 0 Å². The average molecular weight is 384 g/mol. The number of carbonyl (C=O) groups is 1. The Morgan fingerprint density at radius 3 is 2.67 bits per heavy atom. The van der Waals surface area contributed by atoms with E-state index in [0.29, 0.717) is 28.6 Å². The number of esters is 1. The van der Waals surface area contributed by atoms with Crippen molar-refractivity contribution < 1.29 is 27.4 Å². The Balaban J connectivity index is 1.69. The lowest BCUT2D eigenvalue weighted by molar-refractivity contribution is -0.330. The minimum atomic E-state index is -4.70. The molecular formula is C19H23F3N2O3. The Labute approximate surface area is 155 Å². The number of nitrogens with zero attached hydrogens (tertiary/aromatic N) is 1. The number of carbonyl (C=O) groups excluding carboxylic acids is 1. The third-order valence-corrected chi connectivity index (χ3v) is 5.11. The first kappa shape index (κ1) is 19.7. The molecule has 3 rings (SSSR count). The monoisotopic (exact) mass is 384 g/mol. The highest BCUT2D eigenvalue weighted by Crippen LogP contribution is 2.31. The number of benzene rings is 1. The maximum atomic E-state index is 12.5. The first-order valence-corrected chi connectivity index (χ1v) is 8.82. The van der Waals surface area contributed by atoms with E-state index in [9.17, 15) is 18.0 Å². The molecule has 1 saturated heterocycles. The molecule has 5 nitrogen and oxygen atoms in total. The third-order valence-electron chi connectivity index (χ3n) is 5.11. The molecule has 0 bridgehead atoms. The predicted octanol–water partition coefficient (Wildman–Crippen LogP) is 4.09. The molecule has 8 heteroatoms. The second kappa shape index (κ2) is 7.52. The molecule has 148 valence electrons. The Morgan fingerprint density at radius 1 is 1.30 bits per heavy atom. The van der Waals surface area contributed by atoms with Crippen molar-refractivity contribution in [3.8, 4) is 0 Å². The van der Waals surface area contributed by atoms with E-state index in [1.54, 1.807) is 6.07 Å². The molecule has 1 aliphatic rings. The van der Waals surface area contributed by atoms with Gasteiger partial charge >= 0.3 is 12.3 Å². The van der Waals surface area contributed by atoms with Crippen LogP contribution in [0.2, 0.25) is 0 Å². The van der Waals surface area contributed by atoms with Crippen molar-refractivity contribution in [2.45, 2.75) is 32.7 Å². The van der Waals surface area contributed by atoms with E-state index in [2.05, 4.69) is 28.6 Å². The van der Waals surface area contributed by atoms with Gasteiger partial charge in [-0.15, -0.1) is 13.2 Å². The quantitative estimate of drug-likeness (QED) is 0.789. The summed E-state index contributed by atoms with van der Waals surface area (Å²) >= 11 is 0. The highest BCUT2D eigenvalue weighted by atomic mass is 19.4. The lowest BCUT2D eigenvalue weighted by Crippen LogP contribution is -2.39. The summed E-state index contributed by atoms with van der Waals surface area (Å²) in [6.45, 7) is 3.75. The lowest BCUT2D eigenvalue weighted by Gasteiger charge is -2.37. The normalized spacial score (nSPS) is 18.0. The van der Waals surface area contributed by atoms with Gasteiger partial charge < -0.3 is 14.6 Å². The van der Waals surface area contributed by atoms with Crippen LogP contribution in [0.4, 0.5) is 13.2 Å². The summed E-state index contributed by atoms with van der Waals surface area (Å²) < 4.78 is 46.1. The SMILES string of the molecule is CN1CCC(C)(COC(=O)c2c[nH]c3ccc(COC(F)(F)F)cc23)CC1. The van der Waals surface area contributed by atoms with Crippen LogP contribution in [-0.4, -0.2) is 49.0 Å². The Bertz CT molecular complexity index is 808. The van der Waals surface area contributed by atoms with Gasteiger partial charge in [-0.1, -0.05) is 13.0 Å². The fourth-order valence-corrected chi connectivity index (χ4v) is 3.21. The number of H-pyrrole nitrogens is 1. The van der Waals surface area contributed by atoms with Gasteiger partial charge in [0.05, 0.1) is 18.8 Å². The van der Waals surface area contributed by atoms with Crippen molar-refractivity contribution in [3.05, 3.63) is 35.5 Å². The van der Waals surface area contributed by atoms with Crippen LogP contribution in [0.1, 0.15) is 35.7 Å². The van der Waals surface area contributed by atoms with Gasteiger partial charge in [-0.3, -0.25) is 4.74 Å². The smallest absolute Gasteiger partial charge is 0.461 e. The summed E-state index contributed by atoms with van der Waals surface area (Å²) in [5.74, 6) is -0.477. The van der Waals surface area contributed by atoms with Gasteiger partial charge in [0.15, 0.2) is 0 Å². The molecular weight excluding hydrogens is 361 g/mol. The van der Waals surface area contributed by atoms with Crippen molar-refractivity contribution >= 4 is 16.9 Å². The summed E-state index contributed by atoms with van der Waals surface area (Å²) in [6, 6.07) is 4.67. The van der Waals surface area contributed by atoms with Crippen molar-refractivity contribution in [1.82, 2.24) is 9.88 Å². The van der Waals surface area contributed by atoms with Gasteiger partial charge in [0, 0.05) is 22.5 Å². The van der Waals surface area contributed by atoms with Crippen LogP contribution in [0, 0.1) is 5.41 Å². The molecule has 0 saturated carbocycles. The lowest BCUT2D eigenvalue weighted by atomic mass is 9.81. The van der Waals surface area contributed by atoms with Crippen molar-refractivity contribution in [2.24, 2.45) is 5.41 Å². The Hall–Kier alpha value is -2.06. The molecule has 1 aromatic carbocycles. The van der Waals surface area contributed by atoms with E-state index >= 15 is 0 Å². The number of fused-ring (bicyclic) bond motifs is 1. The van der Waals surface area contributed by atoms with Gasteiger partial charge in [0.1, 0.15) is 0 Å². The Morgan fingerprint density at radius 2 is 2.00 bits per heavy atom. The van der Waals surface area contributed by atoms with Gasteiger partial charge in [-0.05, 0) is 50.7 Å². The predicted molar refractivity (Wildman–Crippen MR) is 94.3 cm³/mol. The average Bonchev–Trinajstić information content (AvgIpc) is 3.03. The number of hydrogen-bond acceptors (Lipinski definition) is 4. The van der Waals surface area contributed by atoms with Crippen molar-refractivity contribution in [1.29, 1.82) is 0 Å². The largest absolute Gasteiger partial charge is 0.522 e. The molecule has 0 unspecified atom stereocenters. The van der Waals surface area contributed by atoms with E-state index in [0.717, 1.165) is 25.9 Å². The third kappa shape index (κ3) is 5.01. The number of aromatic nitrogens is 1. The minimum Gasteiger partial charge on any atom is -0.461 e. The molecule has 1 aromatic heterocycles. The van der Waals surface area contributed by atoms with E-state index in [1.165, 1.54) is 18.3 Å². The number of ether oxygens (including phenoxy) is 2. The standard InChI is InChI=1S/C19H23F3N2O3/c1-18(5-7-24(2)8-6-18)12-26-17(25)15-10-23-16-4-3-13(9-14(15)16)11-27-19(20,21)22/h3-4,9-10,23H,5-8,11-12H2,1-2H3. The zero-order valence-corrected chi connectivity index (χ0v) is 15.4. The fourth-order valence-electron chi connectivity index (χ4n) is 3.21. The second-order valence-electron chi connectivity index (χ2n) is 7.51. The van der Waals surface area contributed by atoms with Crippen LogP contribution in [0.3, 0.4) is 0 Å². The van der Waals surface area contributed by atoms with Gasteiger partial charge in [-0.25, -0.2) is 4.79 Å². The number of piperidine rings is 1. The molecule has 0 aliphatic carbocycles. The topological polar surface area (TPSA) is 54.6 Å². The molecule has 27 heavy (non-hydrogen) atoms. The van der Waals surface area contributed by atoms with Gasteiger partial charge in [-0.2, -0.15) is 0 Å². The molecule has 2 heterocycles. The molecule has 0 amide bonds. The highest BCUT2D eigenvalue weighted by Gasteiger charge is 2.31. The number of likely N-dealkylation sites (tertiary alicyclic amines) is 1. The van der Waals surface area contributed by atoms with Crippen LogP contribution in [0.5, 0.6) is 0 Å². The van der Waals surface area contributed by atoms with Crippen molar-refractivity contribution in [2.75, 3.05) is 26.7 Å². The summed E-state index contributed by atoms with van der Waals surface area (Å²) in [6.07, 6.45) is -1.27. The summed E-state index contributed by atoms with van der Waals surface area (Å²) in [7, 11) is 2.07. The second-order valence-corrected chi connectivity index (χ2v) is 7.51. The summed E-state index contributed by atoms with van der Waals surface area (Å²) in [4.78, 5) is 17.7. The maximum Gasteiger partial charge on any atom is 0.522 e. The molecule has 1 N–H and O–H groups in total. The van der Waals surface area contributed by atoms with Crippen LogP contribution >= 0.6 is 0 Å². The number of rotatable bonds is 5. The van der Waals surface area contributed by atoms with Gasteiger partial charge in [0.2, 0.25) is 0 Å². The Kier molecular flexibility index (Phi) is 5.48. The minimum absolute atomic E-state index is 0.0556. The van der Waals surface area contributed by atoms with Crippen molar-refractivity contribution in [3.63, 3.8) is 0 Å². The molecule has 1 aliphatic heterocycles. The maximum absolute atomic E-state index is 12.5. The molecule has 0 radical (unpaired) electrons. The first-order chi connectivity index (χ1) is 12.7. The fraction of sp³-hybridized carbons (Fsp3) is 0.526. The number of alkyl halides is 3. The number of hydrogen-bond donors (Lipinski definition) is 1.